The minimum absolute atomic E-state index is 0.00238. The molecule has 0 radical (unpaired) electrons. The van der Waals surface area contributed by atoms with E-state index in [9.17, 15) is 23.1 Å². The SMILES string of the molecule is Cc1cc(C(=O)N2N=C3CCCC[C@@H]3[C@]2(O)C(F)(F)F)ccc1Cl. The molecular formula is C16H16ClF3N2O2. The third kappa shape index (κ3) is 2.50. The number of alkyl halides is 3. The van der Waals surface area contributed by atoms with Crippen LogP contribution in [-0.4, -0.2) is 33.6 Å². The second kappa shape index (κ2) is 5.74. The molecule has 2 atom stereocenters. The Bertz CT molecular complexity index is 720. The number of aryl methyl sites for hydroxylation is 1. The fourth-order valence-corrected chi connectivity index (χ4v) is 3.44. The highest BCUT2D eigenvalue weighted by Crippen LogP contribution is 2.48. The van der Waals surface area contributed by atoms with Gasteiger partial charge < -0.3 is 5.11 Å². The Morgan fingerprint density at radius 1 is 1.42 bits per heavy atom. The van der Waals surface area contributed by atoms with Gasteiger partial charge in [-0.3, -0.25) is 4.79 Å². The van der Waals surface area contributed by atoms with E-state index in [1.54, 1.807) is 6.92 Å². The first-order valence-corrected chi connectivity index (χ1v) is 8.01. The first-order chi connectivity index (χ1) is 11.2. The van der Waals surface area contributed by atoms with Crippen molar-refractivity contribution < 1.29 is 23.1 Å². The van der Waals surface area contributed by atoms with E-state index in [-0.39, 0.29) is 22.7 Å². The Kier molecular flexibility index (Phi) is 4.12. The highest BCUT2D eigenvalue weighted by Gasteiger charge is 2.68. The molecule has 0 spiro atoms. The number of carbonyl (C=O) groups is 1. The standard InChI is InChI=1S/C16H16ClF3N2O2/c1-9-8-10(6-7-12(9)17)14(23)22-15(24,16(18,19)20)11-4-2-3-5-13(11)21-22/h6-8,11,24H,2-5H2,1H3/t11-,15-/m0/s1. The van der Waals surface area contributed by atoms with Crippen LogP contribution in [0.25, 0.3) is 0 Å². The van der Waals surface area contributed by atoms with Gasteiger partial charge in [0.1, 0.15) is 0 Å². The minimum atomic E-state index is -5.00. The monoisotopic (exact) mass is 360 g/mol. The lowest BCUT2D eigenvalue weighted by Gasteiger charge is -2.38. The lowest BCUT2D eigenvalue weighted by Crippen LogP contribution is -2.61. The molecule has 1 aromatic carbocycles. The molecule has 8 heteroatoms. The van der Waals surface area contributed by atoms with Crippen molar-refractivity contribution in [3.8, 4) is 0 Å². The Balaban J connectivity index is 2.05. The lowest BCUT2D eigenvalue weighted by atomic mass is 9.80. The van der Waals surface area contributed by atoms with E-state index in [2.05, 4.69) is 5.10 Å². The Hall–Kier alpha value is -1.60. The molecule has 1 amide bonds. The van der Waals surface area contributed by atoms with Gasteiger partial charge in [0, 0.05) is 16.3 Å². The van der Waals surface area contributed by atoms with Crippen LogP contribution in [0.4, 0.5) is 13.2 Å². The van der Waals surface area contributed by atoms with Gasteiger partial charge in [-0.25, -0.2) is 0 Å². The third-order valence-corrected chi connectivity index (χ3v) is 5.05. The summed E-state index contributed by atoms with van der Waals surface area (Å²) in [6.45, 7) is 1.64. The molecule has 3 rings (SSSR count). The summed E-state index contributed by atoms with van der Waals surface area (Å²) < 4.78 is 40.9. The van der Waals surface area contributed by atoms with Crippen LogP contribution in [-0.2, 0) is 0 Å². The lowest BCUT2D eigenvalue weighted by molar-refractivity contribution is -0.312. The van der Waals surface area contributed by atoms with Gasteiger partial charge in [-0.2, -0.15) is 23.3 Å². The summed E-state index contributed by atoms with van der Waals surface area (Å²) in [6.07, 6.45) is -3.24. The summed E-state index contributed by atoms with van der Waals surface area (Å²) in [7, 11) is 0. The third-order valence-electron chi connectivity index (χ3n) is 4.63. The minimum Gasteiger partial charge on any atom is -0.362 e. The van der Waals surface area contributed by atoms with Crippen LogP contribution in [0.2, 0.25) is 5.02 Å². The molecule has 1 aliphatic carbocycles. The number of hydrogen-bond acceptors (Lipinski definition) is 3. The predicted molar refractivity (Wildman–Crippen MR) is 82.8 cm³/mol. The van der Waals surface area contributed by atoms with Crippen LogP contribution < -0.4 is 0 Å². The molecule has 0 bridgehead atoms. The van der Waals surface area contributed by atoms with Crippen molar-refractivity contribution in [2.45, 2.75) is 44.5 Å². The summed E-state index contributed by atoms with van der Waals surface area (Å²) in [4.78, 5) is 12.6. The zero-order chi connectivity index (χ0) is 17.7. The molecule has 0 saturated heterocycles. The van der Waals surface area contributed by atoms with Crippen molar-refractivity contribution in [1.29, 1.82) is 0 Å². The number of halogens is 4. The molecule has 1 heterocycles. The Labute approximate surface area is 141 Å². The summed E-state index contributed by atoms with van der Waals surface area (Å²) >= 11 is 5.89. The first kappa shape index (κ1) is 17.2. The maximum atomic E-state index is 13.6. The molecule has 0 aromatic heterocycles. The second-order valence-corrected chi connectivity index (χ2v) is 6.60. The highest BCUT2D eigenvalue weighted by molar-refractivity contribution is 6.31. The summed E-state index contributed by atoms with van der Waals surface area (Å²) in [5, 5.41) is 14.9. The highest BCUT2D eigenvalue weighted by atomic mass is 35.5. The van der Waals surface area contributed by atoms with E-state index in [0.717, 1.165) is 0 Å². The molecule has 1 fully saturated rings. The van der Waals surface area contributed by atoms with E-state index < -0.39 is 23.7 Å². The number of benzene rings is 1. The molecule has 24 heavy (non-hydrogen) atoms. The number of rotatable bonds is 1. The molecule has 1 saturated carbocycles. The van der Waals surface area contributed by atoms with Crippen molar-refractivity contribution in [3.05, 3.63) is 34.3 Å². The Morgan fingerprint density at radius 2 is 2.12 bits per heavy atom. The van der Waals surface area contributed by atoms with Crippen LogP contribution in [0.3, 0.4) is 0 Å². The summed E-state index contributed by atoms with van der Waals surface area (Å²) in [6, 6.07) is 4.16. The zero-order valence-corrected chi connectivity index (χ0v) is 13.7. The van der Waals surface area contributed by atoms with Crippen LogP contribution in [0.15, 0.2) is 23.3 Å². The van der Waals surface area contributed by atoms with Gasteiger partial charge in [-0.15, -0.1) is 0 Å². The van der Waals surface area contributed by atoms with Crippen molar-refractivity contribution >= 4 is 23.2 Å². The molecule has 1 aliphatic heterocycles. The Morgan fingerprint density at radius 3 is 2.75 bits per heavy atom. The fourth-order valence-electron chi connectivity index (χ4n) is 3.32. The number of fused-ring (bicyclic) bond motifs is 1. The summed E-state index contributed by atoms with van der Waals surface area (Å²) in [5.41, 5.74) is -2.50. The average molecular weight is 361 g/mol. The van der Waals surface area contributed by atoms with Gasteiger partial charge in [0.2, 0.25) is 0 Å². The van der Waals surface area contributed by atoms with E-state index in [0.29, 0.717) is 29.8 Å². The number of aliphatic hydroxyl groups is 1. The second-order valence-electron chi connectivity index (χ2n) is 6.19. The van der Waals surface area contributed by atoms with Gasteiger partial charge >= 0.3 is 6.18 Å². The molecule has 130 valence electrons. The fraction of sp³-hybridized carbons (Fsp3) is 0.500. The molecule has 1 N–H and O–H groups in total. The van der Waals surface area contributed by atoms with E-state index in [1.807, 2.05) is 0 Å². The van der Waals surface area contributed by atoms with Crippen LogP contribution in [0.1, 0.15) is 41.6 Å². The maximum Gasteiger partial charge on any atom is 0.439 e. The van der Waals surface area contributed by atoms with Gasteiger partial charge in [0.05, 0.1) is 5.92 Å². The zero-order valence-electron chi connectivity index (χ0n) is 12.9. The van der Waals surface area contributed by atoms with Crippen molar-refractivity contribution in [2.24, 2.45) is 11.0 Å². The van der Waals surface area contributed by atoms with Gasteiger partial charge in [-0.05, 0) is 49.9 Å². The van der Waals surface area contributed by atoms with E-state index >= 15 is 0 Å². The maximum absolute atomic E-state index is 13.6. The predicted octanol–water partition coefficient (Wildman–Crippen LogP) is 3.90. The quantitative estimate of drug-likeness (QED) is 0.825. The van der Waals surface area contributed by atoms with Crippen LogP contribution >= 0.6 is 11.6 Å². The average Bonchev–Trinajstić information content (AvgIpc) is 2.84. The molecular weight excluding hydrogens is 345 g/mol. The summed E-state index contributed by atoms with van der Waals surface area (Å²) in [5.74, 6) is -2.19. The van der Waals surface area contributed by atoms with Crippen molar-refractivity contribution in [1.82, 2.24) is 5.01 Å². The number of nitrogens with zero attached hydrogens (tertiary/aromatic N) is 2. The number of hydrogen-bond donors (Lipinski definition) is 1. The molecule has 4 nitrogen and oxygen atoms in total. The number of carbonyl (C=O) groups excluding carboxylic acids is 1. The first-order valence-electron chi connectivity index (χ1n) is 7.63. The van der Waals surface area contributed by atoms with Crippen molar-refractivity contribution in [3.63, 3.8) is 0 Å². The van der Waals surface area contributed by atoms with Gasteiger partial charge in [0.15, 0.2) is 0 Å². The van der Waals surface area contributed by atoms with E-state index in [4.69, 9.17) is 11.6 Å². The van der Waals surface area contributed by atoms with Gasteiger partial charge in [0.25, 0.3) is 11.6 Å². The number of hydrazone groups is 1. The van der Waals surface area contributed by atoms with Gasteiger partial charge in [-0.1, -0.05) is 18.0 Å². The smallest absolute Gasteiger partial charge is 0.362 e. The normalized spacial score (nSPS) is 27.0. The van der Waals surface area contributed by atoms with Crippen LogP contribution in [0, 0.1) is 12.8 Å². The number of amides is 1. The molecule has 2 aliphatic rings. The van der Waals surface area contributed by atoms with E-state index in [1.165, 1.54) is 18.2 Å². The molecule has 1 aromatic rings. The largest absolute Gasteiger partial charge is 0.439 e. The topological polar surface area (TPSA) is 52.9 Å². The van der Waals surface area contributed by atoms with Crippen LogP contribution in [0.5, 0.6) is 0 Å². The molecule has 0 unspecified atom stereocenters. The van der Waals surface area contributed by atoms with Crippen molar-refractivity contribution in [2.75, 3.05) is 0 Å².